The molecule has 1 amide bonds. The number of carbonyl (C=O) groups is 1. The summed E-state index contributed by atoms with van der Waals surface area (Å²) in [5.74, 6) is 2.88. The number of carbonyl (C=O) groups excluding carboxylic acids is 1. The number of methoxy groups -OCH3 is 1. The van der Waals surface area contributed by atoms with Gasteiger partial charge in [0.15, 0.2) is 11.0 Å². The minimum Gasteiger partial charge on any atom is -0.497 e. The topological polar surface area (TPSA) is 78.3 Å². The molecule has 0 aliphatic heterocycles. The Bertz CT molecular complexity index is 929. The number of rotatable bonds is 9. The van der Waals surface area contributed by atoms with Gasteiger partial charge in [0.25, 0.3) is 5.91 Å². The Morgan fingerprint density at radius 1 is 1.10 bits per heavy atom. The van der Waals surface area contributed by atoms with E-state index >= 15 is 0 Å². The smallest absolute Gasteiger partial charge is 0.251 e. The highest BCUT2D eigenvalue weighted by Gasteiger charge is 2.18. The van der Waals surface area contributed by atoms with Crippen molar-refractivity contribution in [2.24, 2.45) is 7.05 Å². The maximum Gasteiger partial charge on any atom is 0.251 e. The molecule has 0 unspecified atom stereocenters. The molecule has 0 spiro atoms. The molecule has 3 aromatic rings. The molecular weight excluding hydrogens is 388 g/mol. The summed E-state index contributed by atoms with van der Waals surface area (Å²) in [6, 6.07) is 16.3. The first kappa shape index (κ1) is 20.7. The average molecular weight is 413 g/mol. The summed E-state index contributed by atoms with van der Waals surface area (Å²) in [6.07, 6.45) is 0. The highest BCUT2D eigenvalue weighted by Crippen LogP contribution is 2.21. The van der Waals surface area contributed by atoms with Gasteiger partial charge in [0.2, 0.25) is 0 Å². The Morgan fingerprint density at radius 3 is 2.48 bits per heavy atom. The van der Waals surface area contributed by atoms with Gasteiger partial charge in [-0.25, -0.2) is 0 Å². The van der Waals surface area contributed by atoms with Crippen LogP contribution in [0, 0.1) is 0 Å². The third kappa shape index (κ3) is 5.51. The molecule has 1 heterocycles. The number of ether oxygens (including phenoxy) is 2. The van der Waals surface area contributed by atoms with E-state index in [-0.39, 0.29) is 11.9 Å². The van der Waals surface area contributed by atoms with Gasteiger partial charge in [-0.2, -0.15) is 0 Å². The lowest BCUT2D eigenvalue weighted by molar-refractivity contribution is 0.0937. The van der Waals surface area contributed by atoms with Crippen molar-refractivity contribution in [2.75, 3.05) is 19.5 Å². The first-order valence-corrected chi connectivity index (χ1v) is 10.2. The first-order valence-electron chi connectivity index (χ1n) is 9.23. The Balaban J connectivity index is 1.50. The molecule has 0 saturated heterocycles. The van der Waals surface area contributed by atoms with Crippen LogP contribution in [0.4, 0.5) is 0 Å². The molecule has 1 aromatic heterocycles. The third-order valence-electron chi connectivity index (χ3n) is 4.28. The van der Waals surface area contributed by atoms with Crippen molar-refractivity contribution in [1.29, 1.82) is 0 Å². The van der Waals surface area contributed by atoms with Crippen LogP contribution in [0.3, 0.4) is 0 Å². The van der Waals surface area contributed by atoms with Gasteiger partial charge >= 0.3 is 0 Å². The van der Waals surface area contributed by atoms with Gasteiger partial charge in [-0.3, -0.25) is 4.79 Å². The number of hydrogen-bond acceptors (Lipinski definition) is 6. The largest absolute Gasteiger partial charge is 0.497 e. The Hall–Kier alpha value is -3.00. The lowest BCUT2D eigenvalue weighted by Gasteiger charge is -2.13. The molecule has 7 nitrogen and oxygen atoms in total. The normalized spacial score (nSPS) is 11.7. The molecule has 29 heavy (non-hydrogen) atoms. The van der Waals surface area contributed by atoms with Crippen LogP contribution in [-0.4, -0.2) is 40.1 Å². The van der Waals surface area contributed by atoms with Crippen LogP contribution in [0.5, 0.6) is 11.5 Å². The van der Waals surface area contributed by atoms with Gasteiger partial charge in [-0.15, -0.1) is 10.2 Å². The third-order valence-corrected chi connectivity index (χ3v) is 5.27. The molecule has 8 heteroatoms. The van der Waals surface area contributed by atoms with E-state index in [2.05, 4.69) is 15.5 Å². The summed E-state index contributed by atoms with van der Waals surface area (Å²) < 4.78 is 12.8. The zero-order valence-corrected chi connectivity index (χ0v) is 17.5. The van der Waals surface area contributed by atoms with E-state index in [1.54, 1.807) is 31.0 Å². The lowest BCUT2D eigenvalue weighted by Crippen LogP contribution is -2.28. The molecule has 2 aromatic carbocycles. The number of thioether (sulfide) groups is 1. The molecule has 0 saturated carbocycles. The molecular formula is C21H24N4O3S. The summed E-state index contributed by atoms with van der Waals surface area (Å²) in [7, 11) is 3.53. The van der Waals surface area contributed by atoms with Crippen LogP contribution < -0.4 is 14.8 Å². The van der Waals surface area contributed by atoms with E-state index in [1.165, 1.54) is 0 Å². The van der Waals surface area contributed by atoms with E-state index in [1.807, 2.05) is 61.0 Å². The zero-order chi connectivity index (χ0) is 20.6. The van der Waals surface area contributed by atoms with Gasteiger partial charge in [-0.1, -0.05) is 30.0 Å². The highest BCUT2D eigenvalue weighted by molar-refractivity contribution is 7.99. The predicted molar refractivity (Wildman–Crippen MR) is 113 cm³/mol. The quantitative estimate of drug-likeness (QED) is 0.428. The van der Waals surface area contributed by atoms with E-state index < -0.39 is 0 Å². The minimum atomic E-state index is -0.259. The molecule has 152 valence electrons. The second-order valence-electron chi connectivity index (χ2n) is 6.33. The van der Waals surface area contributed by atoms with Crippen LogP contribution in [0.1, 0.15) is 29.1 Å². The SMILES string of the molecule is COc1ccc(OCCSc2nnc([C@@H](C)NC(=O)c3ccccc3)n2C)cc1. The Labute approximate surface area is 174 Å². The lowest BCUT2D eigenvalue weighted by atomic mass is 10.2. The number of nitrogens with one attached hydrogen (secondary N) is 1. The zero-order valence-electron chi connectivity index (χ0n) is 16.7. The van der Waals surface area contributed by atoms with Gasteiger partial charge in [0, 0.05) is 18.4 Å². The molecule has 0 aliphatic carbocycles. The van der Waals surface area contributed by atoms with E-state index in [9.17, 15) is 4.79 Å². The summed E-state index contributed by atoms with van der Waals surface area (Å²) in [5, 5.41) is 12.2. The summed E-state index contributed by atoms with van der Waals surface area (Å²) >= 11 is 1.55. The fourth-order valence-electron chi connectivity index (χ4n) is 2.73. The maximum absolute atomic E-state index is 12.3. The fraction of sp³-hybridized carbons (Fsp3) is 0.286. The average Bonchev–Trinajstić information content (AvgIpc) is 3.12. The van der Waals surface area contributed by atoms with Gasteiger partial charge < -0.3 is 19.4 Å². The van der Waals surface area contributed by atoms with Gasteiger partial charge in [-0.05, 0) is 43.3 Å². The molecule has 1 N–H and O–H groups in total. The molecule has 0 fully saturated rings. The second kappa shape index (κ2) is 9.97. The van der Waals surface area contributed by atoms with E-state index in [4.69, 9.17) is 9.47 Å². The molecule has 0 radical (unpaired) electrons. The van der Waals surface area contributed by atoms with E-state index in [0.717, 1.165) is 22.4 Å². The van der Waals surface area contributed by atoms with E-state index in [0.29, 0.717) is 18.0 Å². The Morgan fingerprint density at radius 2 is 1.79 bits per heavy atom. The van der Waals surface area contributed by atoms with Crippen molar-refractivity contribution in [1.82, 2.24) is 20.1 Å². The van der Waals surface area contributed by atoms with Crippen LogP contribution >= 0.6 is 11.8 Å². The van der Waals surface area contributed by atoms with Crippen LogP contribution in [0.15, 0.2) is 59.8 Å². The molecule has 0 aliphatic rings. The van der Waals surface area contributed by atoms with Crippen molar-refractivity contribution in [3.05, 3.63) is 66.0 Å². The van der Waals surface area contributed by atoms with Crippen molar-refractivity contribution >= 4 is 17.7 Å². The van der Waals surface area contributed by atoms with Crippen molar-refractivity contribution in [2.45, 2.75) is 18.1 Å². The number of hydrogen-bond donors (Lipinski definition) is 1. The van der Waals surface area contributed by atoms with Gasteiger partial charge in [0.05, 0.1) is 19.8 Å². The maximum atomic E-state index is 12.3. The van der Waals surface area contributed by atoms with Crippen LogP contribution in [0.25, 0.3) is 0 Å². The van der Waals surface area contributed by atoms with Gasteiger partial charge in [0.1, 0.15) is 11.5 Å². The van der Waals surface area contributed by atoms with Crippen LogP contribution in [-0.2, 0) is 7.05 Å². The first-order chi connectivity index (χ1) is 14.1. The molecule has 1 atom stereocenters. The number of benzene rings is 2. The van der Waals surface area contributed by atoms with Crippen molar-refractivity contribution in [3.8, 4) is 11.5 Å². The fourth-order valence-corrected chi connectivity index (χ4v) is 3.46. The summed E-state index contributed by atoms with van der Waals surface area (Å²) in [5.41, 5.74) is 0.617. The van der Waals surface area contributed by atoms with Crippen molar-refractivity contribution in [3.63, 3.8) is 0 Å². The molecule has 0 bridgehead atoms. The standard InChI is InChI=1S/C21H24N4O3S/c1-15(22-20(26)16-7-5-4-6-8-16)19-23-24-21(25(19)2)29-14-13-28-18-11-9-17(27-3)10-12-18/h4-12,15H,13-14H2,1-3H3,(H,22,26)/t15-/m1/s1. The minimum absolute atomic E-state index is 0.136. The molecule has 3 rings (SSSR count). The van der Waals surface area contributed by atoms with Crippen LogP contribution in [0.2, 0.25) is 0 Å². The highest BCUT2D eigenvalue weighted by atomic mass is 32.2. The number of nitrogens with zero attached hydrogens (tertiary/aromatic N) is 3. The van der Waals surface area contributed by atoms with Crippen molar-refractivity contribution < 1.29 is 14.3 Å². The number of amides is 1. The summed E-state index contributed by atoms with van der Waals surface area (Å²) in [6.45, 7) is 2.44. The monoisotopic (exact) mass is 412 g/mol. The predicted octanol–water partition coefficient (Wildman–Crippen LogP) is 3.49. The second-order valence-corrected chi connectivity index (χ2v) is 7.40. The number of aromatic nitrogens is 3. The Kier molecular flexibility index (Phi) is 7.13. The summed E-state index contributed by atoms with van der Waals surface area (Å²) in [4.78, 5) is 12.3.